The topological polar surface area (TPSA) is 24.5 Å². The Labute approximate surface area is 150 Å². The third kappa shape index (κ3) is 7.01. The van der Waals surface area contributed by atoms with Gasteiger partial charge in [0.1, 0.15) is 0 Å². The van der Waals surface area contributed by atoms with Crippen LogP contribution in [0.5, 0.6) is 0 Å². The molecule has 2 saturated heterocycles. The fourth-order valence-corrected chi connectivity index (χ4v) is 4.43. The summed E-state index contributed by atoms with van der Waals surface area (Å²) in [6.07, 6.45) is 17.1. The monoisotopic (exact) mass is 338 g/mol. The van der Waals surface area contributed by atoms with Crippen LogP contribution in [0.1, 0.15) is 90.9 Å². The van der Waals surface area contributed by atoms with E-state index < -0.39 is 0 Å². The molecule has 0 spiro atoms. The van der Waals surface area contributed by atoms with Crippen molar-refractivity contribution in [3.8, 4) is 0 Å². The van der Waals surface area contributed by atoms with Gasteiger partial charge in [0.2, 0.25) is 0 Å². The highest BCUT2D eigenvalue weighted by molar-refractivity contribution is 4.90. The van der Waals surface area contributed by atoms with Crippen molar-refractivity contribution in [1.29, 1.82) is 0 Å². The van der Waals surface area contributed by atoms with Crippen LogP contribution < -0.4 is 5.32 Å². The lowest BCUT2D eigenvalue weighted by Gasteiger charge is -2.44. The number of fused-ring (bicyclic) bond motifs is 1. The maximum atomic E-state index is 6.06. The molecule has 1 N–H and O–H groups in total. The van der Waals surface area contributed by atoms with Gasteiger partial charge in [-0.2, -0.15) is 0 Å². The zero-order valence-corrected chi connectivity index (χ0v) is 16.4. The summed E-state index contributed by atoms with van der Waals surface area (Å²) in [6.45, 7) is 8.98. The summed E-state index contributed by atoms with van der Waals surface area (Å²) in [6, 6.07) is 1.41. The molecule has 0 aromatic rings. The Morgan fingerprint density at radius 2 is 1.62 bits per heavy atom. The van der Waals surface area contributed by atoms with E-state index in [9.17, 15) is 0 Å². The van der Waals surface area contributed by atoms with Gasteiger partial charge in [-0.3, -0.25) is 4.90 Å². The summed E-state index contributed by atoms with van der Waals surface area (Å²) < 4.78 is 6.06. The van der Waals surface area contributed by atoms with Crippen LogP contribution in [-0.4, -0.2) is 49.3 Å². The lowest BCUT2D eigenvalue weighted by molar-refractivity contribution is -0.0581. The summed E-state index contributed by atoms with van der Waals surface area (Å²) in [5.74, 6) is 0. The Bertz CT molecular complexity index is 310. The average Bonchev–Trinajstić information content (AvgIpc) is 2.63. The van der Waals surface area contributed by atoms with Crippen LogP contribution in [0.15, 0.2) is 0 Å². The molecule has 0 bridgehead atoms. The van der Waals surface area contributed by atoms with Crippen molar-refractivity contribution in [1.82, 2.24) is 10.2 Å². The third-order valence-corrected chi connectivity index (χ3v) is 5.98. The van der Waals surface area contributed by atoms with Crippen molar-refractivity contribution in [2.24, 2.45) is 0 Å². The van der Waals surface area contributed by atoms with E-state index in [0.717, 1.165) is 25.7 Å². The van der Waals surface area contributed by atoms with E-state index in [1.54, 1.807) is 0 Å². The number of nitrogens with zero attached hydrogens (tertiary/aromatic N) is 1. The van der Waals surface area contributed by atoms with Gasteiger partial charge >= 0.3 is 0 Å². The smallest absolute Gasteiger partial charge is 0.0855 e. The van der Waals surface area contributed by atoms with Gasteiger partial charge in [-0.05, 0) is 19.3 Å². The number of likely N-dealkylation sites (tertiary alicyclic amines) is 1. The summed E-state index contributed by atoms with van der Waals surface area (Å²) in [7, 11) is 0. The van der Waals surface area contributed by atoms with E-state index in [1.165, 1.54) is 83.6 Å². The van der Waals surface area contributed by atoms with Crippen molar-refractivity contribution in [2.45, 2.75) is 109 Å². The first-order chi connectivity index (χ1) is 11.8. The molecule has 142 valence electrons. The summed E-state index contributed by atoms with van der Waals surface area (Å²) >= 11 is 0. The molecule has 3 atom stereocenters. The van der Waals surface area contributed by atoms with Crippen molar-refractivity contribution in [2.75, 3.05) is 26.2 Å². The van der Waals surface area contributed by atoms with E-state index >= 15 is 0 Å². The predicted octanol–water partition coefficient (Wildman–Crippen LogP) is 4.75. The van der Waals surface area contributed by atoms with E-state index in [2.05, 4.69) is 24.1 Å². The number of ether oxygens (including phenoxy) is 1. The van der Waals surface area contributed by atoms with Gasteiger partial charge in [0.15, 0.2) is 0 Å². The molecule has 3 nitrogen and oxygen atoms in total. The van der Waals surface area contributed by atoms with Gasteiger partial charge in [0.05, 0.1) is 12.7 Å². The molecule has 1 unspecified atom stereocenters. The minimum atomic E-state index is 0.436. The average molecular weight is 339 g/mol. The number of nitrogens with one attached hydrogen (secondary N) is 1. The Morgan fingerprint density at radius 3 is 2.33 bits per heavy atom. The minimum absolute atomic E-state index is 0.436. The molecule has 0 amide bonds. The maximum Gasteiger partial charge on any atom is 0.0855 e. The van der Waals surface area contributed by atoms with Gasteiger partial charge in [0, 0.05) is 31.7 Å². The largest absolute Gasteiger partial charge is 0.374 e. The molecule has 2 fully saturated rings. The fraction of sp³-hybridized carbons (Fsp3) is 1.00. The molecule has 2 rings (SSSR count). The highest BCUT2D eigenvalue weighted by Gasteiger charge is 2.34. The summed E-state index contributed by atoms with van der Waals surface area (Å²) in [5, 5.41) is 3.66. The molecular weight excluding hydrogens is 296 g/mol. The van der Waals surface area contributed by atoms with Crippen molar-refractivity contribution in [3.05, 3.63) is 0 Å². The molecule has 0 radical (unpaired) electrons. The van der Waals surface area contributed by atoms with Crippen LogP contribution in [0.25, 0.3) is 0 Å². The van der Waals surface area contributed by atoms with E-state index in [4.69, 9.17) is 4.74 Å². The lowest BCUT2D eigenvalue weighted by Crippen LogP contribution is -2.59. The zero-order chi connectivity index (χ0) is 17.0. The predicted molar refractivity (Wildman–Crippen MR) is 104 cm³/mol. The number of hydrogen-bond donors (Lipinski definition) is 1. The van der Waals surface area contributed by atoms with Crippen LogP contribution in [0, 0.1) is 0 Å². The molecule has 0 aromatic heterocycles. The maximum absolute atomic E-state index is 6.06. The Kier molecular flexibility index (Phi) is 10.3. The van der Waals surface area contributed by atoms with Crippen LogP contribution in [0.4, 0.5) is 0 Å². The van der Waals surface area contributed by atoms with Crippen LogP contribution in [-0.2, 0) is 4.74 Å². The highest BCUT2D eigenvalue weighted by atomic mass is 16.5. The molecule has 0 saturated carbocycles. The lowest BCUT2D eigenvalue weighted by atomic mass is 9.94. The normalized spacial score (nSPS) is 26.2. The highest BCUT2D eigenvalue weighted by Crippen LogP contribution is 2.24. The minimum Gasteiger partial charge on any atom is -0.374 e. The first-order valence-electron chi connectivity index (χ1n) is 10.9. The van der Waals surface area contributed by atoms with Crippen molar-refractivity contribution < 1.29 is 4.74 Å². The quantitative estimate of drug-likeness (QED) is 0.520. The number of morpholine rings is 1. The van der Waals surface area contributed by atoms with Crippen LogP contribution >= 0.6 is 0 Å². The van der Waals surface area contributed by atoms with E-state index in [0.29, 0.717) is 12.1 Å². The van der Waals surface area contributed by atoms with Gasteiger partial charge < -0.3 is 10.1 Å². The zero-order valence-electron chi connectivity index (χ0n) is 16.4. The molecule has 2 heterocycles. The van der Waals surface area contributed by atoms with Gasteiger partial charge in [-0.25, -0.2) is 0 Å². The molecular formula is C21H42N2O. The number of rotatable bonds is 12. The first kappa shape index (κ1) is 20.2. The molecule has 2 aliphatic rings. The fourth-order valence-electron chi connectivity index (χ4n) is 4.43. The van der Waals surface area contributed by atoms with Crippen molar-refractivity contribution in [3.63, 3.8) is 0 Å². The molecule has 3 heteroatoms. The van der Waals surface area contributed by atoms with Crippen molar-refractivity contribution >= 4 is 0 Å². The summed E-state index contributed by atoms with van der Waals surface area (Å²) in [5.41, 5.74) is 0. The first-order valence-corrected chi connectivity index (χ1v) is 10.9. The van der Waals surface area contributed by atoms with Gasteiger partial charge in [-0.15, -0.1) is 0 Å². The molecule has 0 aliphatic carbocycles. The third-order valence-electron chi connectivity index (χ3n) is 5.98. The Hall–Kier alpha value is -0.120. The SMILES string of the molecule is CCCCCCCC(CCCCCC)N1CC[C@H]2NCCO[C@H]2C1. The number of piperidine rings is 1. The van der Waals surface area contributed by atoms with Gasteiger partial charge in [-0.1, -0.05) is 71.6 Å². The number of unbranched alkanes of at least 4 members (excludes halogenated alkanes) is 7. The molecule has 0 aromatic carbocycles. The van der Waals surface area contributed by atoms with Crippen LogP contribution in [0.2, 0.25) is 0 Å². The second-order valence-electron chi connectivity index (χ2n) is 7.96. The molecule has 24 heavy (non-hydrogen) atoms. The molecule has 2 aliphatic heterocycles. The van der Waals surface area contributed by atoms with E-state index in [1.807, 2.05) is 0 Å². The number of hydrogen-bond acceptors (Lipinski definition) is 3. The summed E-state index contributed by atoms with van der Waals surface area (Å²) in [4.78, 5) is 2.78. The van der Waals surface area contributed by atoms with Crippen LogP contribution in [0.3, 0.4) is 0 Å². The van der Waals surface area contributed by atoms with Gasteiger partial charge in [0.25, 0.3) is 0 Å². The standard InChI is InChI=1S/C21H42N2O/c1-3-5-7-9-11-13-19(12-10-8-6-4-2)23-16-14-20-21(18-23)24-17-15-22-20/h19-22H,3-18H2,1-2H3/t19?,20-,21+/m1/s1. The Morgan fingerprint density at radius 1 is 0.958 bits per heavy atom. The van der Waals surface area contributed by atoms with E-state index in [-0.39, 0.29) is 0 Å². The second-order valence-corrected chi connectivity index (χ2v) is 7.96. The Balaban J connectivity index is 1.76. The second kappa shape index (κ2) is 12.3.